The summed E-state index contributed by atoms with van der Waals surface area (Å²) in [6.07, 6.45) is 1.39. The summed E-state index contributed by atoms with van der Waals surface area (Å²) in [5, 5.41) is 0. The minimum Gasteiger partial charge on any atom is -0.494 e. The third-order valence-corrected chi connectivity index (χ3v) is 9.21. The first-order valence-electron chi connectivity index (χ1n) is 13.0. The Hall–Kier alpha value is -2.82. The predicted octanol–water partition coefficient (Wildman–Crippen LogP) is 2.87. The second-order valence-electron chi connectivity index (χ2n) is 9.85. The first-order chi connectivity index (χ1) is 17.8. The summed E-state index contributed by atoms with van der Waals surface area (Å²) in [7, 11) is -3.68. The molecular formula is C27H35N3O6S. The number of rotatable bonds is 7. The van der Waals surface area contributed by atoms with E-state index in [0.29, 0.717) is 44.8 Å². The number of fused-ring (bicyclic) bond motifs is 1. The van der Waals surface area contributed by atoms with Crippen molar-refractivity contribution < 1.29 is 27.4 Å². The number of benzene rings is 2. The van der Waals surface area contributed by atoms with Crippen LogP contribution in [0.2, 0.25) is 0 Å². The highest BCUT2D eigenvalue weighted by molar-refractivity contribution is 7.89. The van der Waals surface area contributed by atoms with Crippen LogP contribution in [0.15, 0.2) is 41.3 Å². The number of ether oxygens (including phenoxy) is 3. The van der Waals surface area contributed by atoms with E-state index in [1.54, 1.807) is 18.2 Å². The summed E-state index contributed by atoms with van der Waals surface area (Å²) in [6, 6.07) is 11.0. The molecule has 0 bridgehead atoms. The molecule has 5 rings (SSSR count). The molecule has 3 aliphatic heterocycles. The number of piperidine rings is 1. The average Bonchev–Trinajstić information content (AvgIpc) is 3.38. The van der Waals surface area contributed by atoms with Gasteiger partial charge in [-0.25, -0.2) is 8.42 Å². The molecule has 0 aliphatic carbocycles. The molecule has 2 aromatic rings. The van der Waals surface area contributed by atoms with E-state index in [-0.39, 0.29) is 30.1 Å². The maximum atomic E-state index is 13.4. The Bertz CT molecular complexity index is 1240. The van der Waals surface area contributed by atoms with Gasteiger partial charge in [0.1, 0.15) is 5.75 Å². The van der Waals surface area contributed by atoms with E-state index in [2.05, 4.69) is 4.90 Å². The number of carbonyl (C=O) groups excluding carboxylic acids is 1. The van der Waals surface area contributed by atoms with Crippen molar-refractivity contribution in [1.82, 2.24) is 14.1 Å². The van der Waals surface area contributed by atoms with Gasteiger partial charge in [0.15, 0.2) is 11.5 Å². The normalized spacial score (nSPS) is 20.7. The molecule has 1 atom stereocenters. The molecule has 0 spiro atoms. The second kappa shape index (κ2) is 10.9. The Balaban J connectivity index is 1.17. The van der Waals surface area contributed by atoms with Crippen molar-refractivity contribution in [3.8, 4) is 17.2 Å². The van der Waals surface area contributed by atoms with Gasteiger partial charge >= 0.3 is 0 Å². The van der Waals surface area contributed by atoms with Crippen molar-refractivity contribution in [2.75, 3.05) is 52.7 Å². The number of sulfonamides is 1. The largest absolute Gasteiger partial charge is 0.494 e. The molecule has 200 valence electrons. The Morgan fingerprint density at radius 2 is 1.81 bits per heavy atom. The van der Waals surface area contributed by atoms with Crippen LogP contribution < -0.4 is 14.2 Å². The fourth-order valence-electron chi connectivity index (χ4n) is 5.29. The van der Waals surface area contributed by atoms with Gasteiger partial charge in [-0.1, -0.05) is 6.07 Å². The zero-order valence-corrected chi connectivity index (χ0v) is 22.3. The van der Waals surface area contributed by atoms with E-state index in [1.165, 1.54) is 4.31 Å². The van der Waals surface area contributed by atoms with E-state index in [0.717, 1.165) is 42.3 Å². The maximum absolute atomic E-state index is 13.4. The first kappa shape index (κ1) is 25.8. The van der Waals surface area contributed by atoms with Gasteiger partial charge in [0.2, 0.25) is 22.7 Å². The van der Waals surface area contributed by atoms with Gasteiger partial charge in [-0.3, -0.25) is 9.69 Å². The first-order valence-corrected chi connectivity index (χ1v) is 14.4. The Morgan fingerprint density at radius 1 is 1.03 bits per heavy atom. The molecule has 3 heterocycles. The number of amides is 1. The van der Waals surface area contributed by atoms with Crippen LogP contribution in [0.1, 0.15) is 30.9 Å². The monoisotopic (exact) mass is 529 g/mol. The molecular weight excluding hydrogens is 494 g/mol. The summed E-state index contributed by atoms with van der Waals surface area (Å²) in [5.41, 5.74) is 1.94. The summed E-state index contributed by atoms with van der Waals surface area (Å²) in [4.78, 5) is 17.8. The predicted molar refractivity (Wildman–Crippen MR) is 138 cm³/mol. The van der Waals surface area contributed by atoms with Crippen LogP contribution in [0.25, 0.3) is 0 Å². The topological polar surface area (TPSA) is 88.6 Å². The standard InChI is InChI=1S/C27H35N3O6S/c1-3-34-24-9-7-23(15-20(24)2)37(32,33)30-10-4-5-22(18-30)27(31)29-13-11-28(12-14-29)17-21-6-8-25-26(16-21)36-19-35-25/h6-9,15-16,22H,3-5,10-14,17-19H2,1-2H3/t22-/m1/s1. The highest BCUT2D eigenvalue weighted by atomic mass is 32.2. The fourth-order valence-corrected chi connectivity index (χ4v) is 6.90. The van der Waals surface area contributed by atoms with Gasteiger partial charge in [0, 0.05) is 45.8 Å². The summed E-state index contributed by atoms with van der Waals surface area (Å²) in [5.74, 6) is 1.99. The summed E-state index contributed by atoms with van der Waals surface area (Å²) < 4.78 is 44.6. The van der Waals surface area contributed by atoms with E-state index in [9.17, 15) is 13.2 Å². The maximum Gasteiger partial charge on any atom is 0.243 e. The molecule has 0 saturated carbocycles. The lowest BCUT2D eigenvalue weighted by Gasteiger charge is -2.38. The van der Waals surface area contributed by atoms with Crippen LogP contribution in [-0.4, -0.2) is 81.1 Å². The summed E-state index contributed by atoms with van der Waals surface area (Å²) in [6.45, 7) is 8.82. The lowest BCUT2D eigenvalue weighted by molar-refractivity contribution is -0.138. The van der Waals surface area contributed by atoms with E-state index in [4.69, 9.17) is 14.2 Å². The zero-order chi connectivity index (χ0) is 26.0. The lowest BCUT2D eigenvalue weighted by Crippen LogP contribution is -2.52. The van der Waals surface area contributed by atoms with Crippen molar-refractivity contribution >= 4 is 15.9 Å². The third kappa shape index (κ3) is 5.56. The Kier molecular flexibility index (Phi) is 7.60. The van der Waals surface area contributed by atoms with Crippen molar-refractivity contribution in [1.29, 1.82) is 0 Å². The van der Waals surface area contributed by atoms with Crippen LogP contribution in [0, 0.1) is 12.8 Å². The van der Waals surface area contributed by atoms with Gasteiger partial charge in [-0.15, -0.1) is 0 Å². The zero-order valence-electron chi connectivity index (χ0n) is 21.5. The summed E-state index contributed by atoms with van der Waals surface area (Å²) >= 11 is 0. The molecule has 2 fully saturated rings. The molecule has 0 radical (unpaired) electrons. The second-order valence-corrected chi connectivity index (χ2v) is 11.8. The molecule has 0 unspecified atom stereocenters. The van der Waals surface area contributed by atoms with Crippen LogP contribution >= 0.6 is 0 Å². The Morgan fingerprint density at radius 3 is 2.57 bits per heavy atom. The minimum atomic E-state index is -3.68. The van der Waals surface area contributed by atoms with Crippen LogP contribution in [0.3, 0.4) is 0 Å². The molecule has 0 N–H and O–H groups in total. The van der Waals surface area contributed by atoms with Gasteiger partial charge in [0.05, 0.1) is 17.4 Å². The quantitative estimate of drug-likeness (QED) is 0.545. The van der Waals surface area contributed by atoms with Crippen molar-refractivity contribution in [2.45, 2.75) is 38.1 Å². The average molecular weight is 530 g/mol. The van der Waals surface area contributed by atoms with Gasteiger partial charge in [-0.2, -0.15) is 4.31 Å². The molecule has 10 heteroatoms. The molecule has 2 aromatic carbocycles. The smallest absolute Gasteiger partial charge is 0.243 e. The highest BCUT2D eigenvalue weighted by Crippen LogP contribution is 2.33. The van der Waals surface area contributed by atoms with Crippen molar-refractivity contribution in [2.24, 2.45) is 5.92 Å². The number of carbonyl (C=O) groups is 1. The third-order valence-electron chi connectivity index (χ3n) is 7.34. The fraction of sp³-hybridized carbons (Fsp3) is 0.519. The number of nitrogens with zero attached hydrogens (tertiary/aromatic N) is 3. The van der Waals surface area contributed by atoms with Crippen molar-refractivity contribution in [3.63, 3.8) is 0 Å². The number of hydrogen-bond donors (Lipinski definition) is 0. The van der Waals surface area contributed by atoms with Crippen LogP contribution in [0.5, 0.6) is 17.2 Å². The van der Waals surface area contributed by atoms with E-state index >= 15 is 0 Å². The molecule has 2 saturated heterocycles. The number of piperazine rings is 1. The van der Waals surface area contributed by atoms with Crippen molar-refractivity contribution in [3.05, 3.63) is 47.5 Å². The minimum absolute atomic E-state index is 0.0607. The van der Waals surface area contributed by atoms with Crippen LogP contribution in [-0.2, 0) is 21.4 Å². The molecule has 3 aliphatic rings. The lowest BCUT2D eigenvalue weighted by atomic mass is 9.97. The van der Waals surface area contributed by atoms with E-state index < -0.39 is 10.0 Å². The Labute approximate surface area is 218 Å². The SMILES string of the molecule is CCOc1ccc(S(=O)(=O)N2CCC[C@@H](C(=O)N3CCN(Cc4ccc5c(c4)OCO5)CC3)C2)cc1C. The number of aryl methyl sites for hydroxylation is 1. The molecule has 0 aromatic heterocycles. The van der Waals surface area contributed by atoms with Crippen LogP contribution in [0.4, 0.5) is 0 Å². The molecule has 9 nitrogen and oxygen atoms in total. The van der Waals surface area contributed by atoms with Gasteiger partial charge in [-0.05, 0) is 68.1 Å². The highest BCUT2D eigenvalue weighted by Gasteiger charge is 2.36. The molecule has 1 amide bonds. The van der Waals surface area contributed by atoms with E-state index in [1.807, 2.05) is 36.9 Å². The van der Waals surface area contributed by atoms with Gasteiger partial charge in [0.25, 0.3) is 0 Å². The number of hydrogen-bond acceptors (Lipinski definition) is 7. The molecule has 37 heavy (non-hydrogen) atoms. The van der Waals surface area contributed by atoms with Gasteiger partial charge < -0.3 is 19.1 Å².